The Morgan fingerprint density at radius 3 is 2.81 bits per heavy atom. The lowest BCUT2D eigenvalue weighted by atomic mass is 9.85. The Labute approximate surface area is 124 Å². The molecule has 0 aliphatic heterocycles. The molecular formula is C14H15F2N3OS. The van der Waals surface area contributed by atoms with Gasteiger partial charge in [-0.15, -0.1) is 0 Å². The lowest BCUT2D eigenvalue weighted by Crippen LogP contribution is -2.36. The van der Waals surface area contributed by atoms with Crippen molar-refractivity contribution in [3.8, 4) is 10.6 Å². The van der Waals surface area contributed by atoms with E-state index in [0.29, 0.717) is 17.8 Å². The van der Waals surface area contributed by atoms with Crippen molar-refractivity contribution >= 4 is 11.3 Å². The van der Waals surface area contributed by atoms with Crippen molar-refractivity contribution in [2.45, 2.75) is 38.2 Å². The summed E-state index contributed by atoms with van der Waals surface area (Å²) in [5.74, 6) is -3.49. The fourth-order valence-electron chi connectivity index (χ4n) is 2.63. The highest BCUT2D eigenvalue weighted by atomic mass is 32.1. The molecule has 3 rings (SSSR count). The van der Waals surface area contributed by atoms with Gasteiger partial charge in [-0.1, -0.05) is 17.8 Å². The number of pyridine rings is 1. The molecule has 2 aromatic heterocycles. The Bertz CT molecular complexity index is 668. The Hall–Kier alpha value is -1.63. The van der Waals surface area contributed by atoms with E-state index in [1.54, 1.807) is 24.5 Å². The lowest BCUT2D eigenvalue weighted by molar-refractivity contribution is -0.0921. The Balaban J connectivity index is 1.84. The van der Waals surface area contributed by atoms with E-state index in [2.05, 4.69) is 10.1 Å². The second-order valence-corrected chi connectivity index (χ2v) is 6.23. The molecule has 1 unspecified atom stereocenters. The van der Waals surface area contributed by atoms with E-state index in [-0.39, 0.29) is 17.8 Å². The quantitative estimate of drug-likeness (QED) is 0.874. The van der Waals surface area contributed by atoms with Crippen LogP contribution in [0, 0.1) is 5.92 Å². The first-order valence-electron chi connectivity index (χ1n) is 6.92. The van der Waals surface area contributed by atoms with Gasteiger partial charge in [0.05, 0.1) is 6.54 Å². The SMILES string of the molecule is O=c1sc(-c2ccncc2)nn1CC1CCCCC1(F)F. The maximum absolute atomic E-state index is 13.9. The smallest absolute Gasteiger partial charge is 0.265 e. The van der Waals surface area contributed by atoms with Crippen molar-refractivity contribution in [1.82, 2.24) is 14.8 Å². The number of alkyl halides is 2. The van der Waals surface area contributed by atoms with Gasteiger partial charge < -0.3 is 0 Å². The molecule has 0 saturated heterocycles. The number of halogens is 2. The fourth-order valence-corrected chi connectivity index (χ4v) is 3.41. The van der Waals surface area contributed by atoms with E-state index in [1.807, 2.05) is 0 Å². The molecule has 1 saturated carbocycles. The minimum absolute atomic E-state index is 0.00653. The molecule has 0 aromatic carbocycles. The molecular weight excluding hydrogens is 296 g/mol. The third kappa shape index (κ3) is 3.02. The maximum atomic E-state index is 13.9. The summed E-state index contributed by atoms with van der Waals surface area (Å²) < 4.78 is 28.9. The summed E-state index contributed by atoms with van der Waals surface area (Å²) in [6, 6.07) is 3.50. The van der Waals surface area contributed by atoms with Gasteiger partial charge in [-0.25, -0.2) is 13.5 Å². The van der Waals surface area contributed by atoms with Crippen LogP contribution in [0.2, 0.25) is 0 Å². The number of rotatable bonds is 3. The standard InChI is InChI=1S/C14H15F2N3OS/c15-14(16)6-2-1-3-11(14)9-19-13(20)21-12(18-19)10-4-7-17-8-5-10/h4-5,7-8,11H,1-3,6,9H2. The van der Waals surface area contributed by atoms with E-state index >= 15 is 0 Å². The first-order valence-corrected chi connectivity index (χ1v) is 7.74. The molecule has 112 valence electrons. The van der Waals surface area contributed by atoms with E-state index in [4.69, 9.17) is 0 Å². The van der Waals surface area contributed by atoms with Gasteiger partial charge in [0.2, 0.25) is 0 Å². The van der Waals surface area contributed by atoms with Crippen molar-refractivity contribution in [2.24, 2.45) is 5.92 Å². The molecule has 7 heteroatoms. The fraction of sp³-hybridized carbons (Fsp3) is 0.500. The molecule has 0 radical (unpaired) electrons. The summed E-state index contributed by atoms with van der Waals surface area (Å²) >= 11 is 0.980. The van der Waals surface area contributed by atoms with Crippen LogP contribution in [-0.2, 0) is 6.54 Å². The van der Waals surface area contributed by atoms with Crippen LogP contribution < -0.4 is 4.87 Å². The van der Waals surface area contributed by atoms with Crippen LogP contribution in [0.5, 0.6) is 0 Å². The van der Waals surface area contributed by atoms with Crippen LogP contribution >= 0.6 is 11.3 Å². The zero-order valence-corrected chi connectivity index (χ0v) is 12.2. The van der Waals surface area contributed by atoms with Gasteiger partial charge in [-0.2, -0.15) is 5.10 Å². The molecule has 1 atom stereocenters. The van der Waals surface area contributed by atoms with Gasteiger partial charge in [0, 0.05) is 30.3 Å². The third-order valence-corrected chi connectivity index (χ3v) is 4.73. The maximum Gasteiger partial charge on any atom is 0.325 e. The summed E-state index contributed by atoms with van der Waals surface area (Å²) in [7, 11) is 0. The van der Waals surface area contributed by atoms with Crippen LogP contribution in [0.1, 0.15) is 25.7 Å². The van der Waals surface area contributed by atoms with Gasteiger partial charge in [0.1, 0.15) is 5.01 Å². The zero-order valence-electron chi connectivity index (χ0n) is 11.3. The molecule has 1 fully saturated rings. The molecule has 1 aliphatic carbocycles. The minimum atomic E-state index is -2.70. The highest BCUT2D eigenvalue weighted by molar-refractivity contribution is 7.12. The predicted octanol–water partition coefficient (Wildman–Crippen LogP) is 3.19. The van der Waals surface area contributed by atoms with E-state index in [9.17, 15) is 13.6 Å². The van der Waals surface area contributed by atoms with Gasteiger partial charge in [-0.05, 0) is 25.0 Å². The third-order valence-electron chi connectivity index (χ3n) is 3.84. The van der Waals surface area contributed by atoms with E-state index < -0.39 is 11.8 Å². The highest BCUT2D eigenvalue weighted by Gasteiger charge is 2.41. The van der Waals surface area contributed by atoms with Crippen LogP contribution in [0.15, 0.2) is 29.3 Å². The normalized spacial score (nSPS) is 21.3. The number of hydrogen-bond acceptors (Lipinski definition) is 4. The molecule has 1 aliphatic rings. The topological polar surface area (TPSA) is 47.8 Å². The van der Waals surface area contributed by atoms with Gasteiger partial charge >= 0.3 is 4.87 Å². The highest BCUT2D eigenvalue weighted by Crippen LogP contribution is 2.39. The Morgan fingerprint density at radius 2 is 2.10 bits per heavy atom. The number of nitrogens with zero attached hydrogens (tertiary/aromatic N) is 3. The first-order chi connectivity index (χ1) is 10.1. The summed E-state index contributed by atoms with van der Waals surface area (Å²) in [5.41, 5.74) is 0.779. The lowest BCUT2D eigenvalue weighted by Gasteiger charge is -2.30. The first kappa shape index (κ1) is 14.3. The summed E-state index contributed by atoms with van der Waals surface area (Å²) in [4.78, 5) is 15.6. The molecule has 2 aromatic rings. The van der Waals surface area contributed by atoms with Gasteiger partial charge in [0.25, 0.3) is 5.92 Å². The van der Waals surface area contributed by atoms with Gasteiger partial charge in [0.15, 0.2) is 0 Å². The van der Waals surface area contributed by atoms with Crippen LogP contribution in [0.4, 0.5) is 8.78 Å². The van der Waals surface area contributed by atoms with Crippen molar-refractivity contribution in [1.29, 1.82) is 0 Å². The second-order valence-electron chi connectivity index (χ2n) is 5.29. The predicted molar refractivity (Wildman–Crippen MR) is 76.5 cm³/mol. The zero-order chi connectivity index (χ0) is 14.9. The molecule has 0 N–H and O–H groups in total. The molecule has 0 bridgehead atoms. The second kappa shape index (κ2) is 5.63. The molecule has 0 amide bonds. The van der Waals surface area contributed by atoms with Crippen molar-refractivity contribution < 1.29 is 8.78 Å². The van der Waals surface area contributed by atoms with Crippen LogP contribution in [0.25, 0.3) is 10.6 Å². The number of hydrogen-bond donors (Lipinski definition) is 0. The van der Waals surface area contributed by atoms with Crippen molar-refractivity contribution in [2.75, 3.05) is 0 Å². The minimum Gasteiger partial charge on any atom is -0.265 e. The van der Waals surface area contributed by atoms with E-state index in [0.717, 1.165) is 23.3 Å². The van der Waals surface area contributed by atoms with Crippen molar-refractivity contribution in [3.05, 3.63) is 34.2 Å². The number of aromatic nitrogens is 3. The molecule has 4 nitrogen and oxygen atoms in total. The average molecular weight is 311 g/mol. The van der Waals surface area contributed by atoms with Crippen LogP contribution in [-0.4, -0.2) is 20.7 Å². The monoisotopic (exact) mass is 311 g/mol. The Morgan fingerprint density at radius 1 is 1.33 bits per heavy atom. The van der Waals surface area contributed by atoms with Gasteiger partial charge in [-0.3, -0.25) is 9.78 Å². The average Bonchev–Trinajstić information content (AvgIpc) is 2.83. The largest absolute Gasteiger partial charge is 0.325 e. The molecule has 2 heterocycles. The molecule has 0 spiro atoms. The Kier molecular flexibility index (Phi) is 3.84. The molecule has 21 heavy (non-hydrogen) atoms. The van der Waals surface area contributed by atoms with Crippen molar-refractivity contribution in [3.63, 3.8) is 0 Å². The van der Waals surface area contributed by atoms with Crippen LogP contribution in [0.3, 0.4) is 0 Å². The van der Waals surface area contributed by atoms with E-state index in [1.165, 1.54) is 4.68 Å². The summed E-state index contributed by atoms with van der Waals surface area (Å²) in [6.45, 7) is -0.00653. The summed E-state index contributed by atoms with van der Waals surface area (Å²) in [5, 5.41) is 4.74. The summed E-state index contributed by atoms with van der Waals surface area (Å²) in [6.07, 6.45) is 4.92.